The number of piperidine rings is 1. The molecule has 8 heteroatoms. The number of hydrazine groups is 1. The summed E-state index contributed by atoms with van der Waals surface area (Å²) in [6, 6.07) is 25.7. The van der Waals surface area contributed by atoms with Crippen molar-refractivity contribution in [1.82, 2.24) is 15.6 Å². The van der Waals surface area contributed by atoms with E-state index in [0.717, 1.165) is 37.2 Å². The summed E-state index contributed by atoms with van der Waals surface area (Å²) in [5, 5.41) is 9.20. The number of para-hydroxylation sites is 1. The monoisotopic (exact) mass is 482 g/mol. The second-order valence-corrected chi connectivity index (χ2v) is 9.17. The molecule has 1 fully saturated rings. The van der Waals surface area contributed by atoms with Crippen molar-refractivity contribution in [2.45, 2.75) is 24.9 Å². The van der Waals surface area contributed by atoms with Crippen LogP contribution in [-0.4, -0.2) is 54.6 Å². The zero-order chi connectivity index (χ0) is 24.9. The summed E-state index contributed by atoms with van der Waals surface area (Å²) in [7, 11) is 2.09. The Morgan fingerprint density at radius 1 is 0.917 bits per heavy atom. The second kappa shape index (κ2) is 10.7. The minimum atomic E-state index is -0.704. The van der Waals surface area contributed by atoms with Gasteiger partial charge >= 0.3 is 0 Å². The summed E-state index contributed by atoms with van der Waals surface area (Å²) in [6.07, 6.45) is 1.86. The van der Waals surface area contributed by atoms with E-state index in [1.165, 1.54) is 5.01 Å². The van der Waals surface area contributed by atoms with Gasteiger partial charge < -0.3 is 15.6 Å². The van der Waals surface area contributed by atoms with Crippen LogP contribution < -0.4 is 21.2 Å². The SMILES string of the molecule is CN1CCC(NC(=O)c2cccc(N3N=C(c4ccccc4)C(NNc4ccccc4)C3=O)c2)CC1. The highest BCUT2D eigenvalue weighted by atomic mass is 16.2. The van der Waals surface area contributed by atoms with E-state index in [4.69, 9.17) is 0 Å². The topological polar surface area (TPSA) is 89.1 Å². The number of likely N-dealkylation sites (tertiary alicyclic amines) is 1. The lowest BCUT2D eigenvalue weighted by Crippen LogP contribution is -2.46. The molecule has 184 valence electrons. The van der Waals surface area contributed by atoms with Crippen LogP contribution in [0.25, 0.3) is 0 Å². The van der Waals surface area contributed by atoms with Crippen molar-refractivity contribution in [3.63, 3.8) is 0 Å². The lowest BCUT2D eigenvalue weighted by molar-refractivity contribution is -0.118. The van der Waals surface area contributed by atoms with Gasteiger partial charge in [-0.25, -0.2) is 5.43 Å². The first-order chi connectivity index (χ1) is 17.6. The highest BCUT2D eigenvalue weighted by molar-refractivity contribution is 6.24. The maximum absolute atomic E-state index is 13.5. The quantitative estimate of drug-likeness (QED) is 0.450. The van der Waals surface area contributed by atoms with E-state index in [2.05, 4.69) is 33.2 Å². The molecule has 0 bridgehead atoms. The number of nitrogens with one attached hydrogen (secondary N) is 3. The Morgan fingerprint density at radius 3 is 2.33 bits per heavy atom. The fraction of sp³-hybridized carbons (Fsp3) is 0.250. The van der Waals surface area contributed by atoms with Crippen LogP contribution in [0.4, 0.5) is 11.4 Å². The first-order valence-electron chi connectivity index (χ1n) is 12.2. The molecular formula is C28H30N6O2. The standard InChI is InChI=1S/C28H30N6O2/c1-33-17-15-22(16-18-33)29-27(35)21-11-8-14-24(19-21)34-28(36)26(31-30-23-12-6-3-7-13-23)25(32-34)20-9-4-2-5-10-20/h2-14,19,22,26,30-31H,15-18H2,1H3,(H,29,35). The van der Waals surface area contributed by atoms with E-state index in [-0.39, 0.29) is 17.9 Å². The number of carbonyl (C=O) groups is 2. The van der Waals surface area contributed by atoms with Crippen LogP contribution in [0.1, 0.15) is 28.8 Å². The molecule has 2 aliphatic heterocycles. The summed E-state index contributed by atoms with van der Waals surface area (Å²) >= 11 is 0. The van der Waals surface area contributed by atoms with Gasteiger partial charge in [0.15, 0.2) is 6.04 Å². The molecule has 1 saturated heterocycles. The third-order valence-corrected chi connectivity index (χ3v) is 6.55. The summed E-state index contributed by atoms with van der Waals surface area (Å²) in [5.41, 5.74) is 9.60. The van der Waals surface area contributed by atoms with Gasteiger partial charge in [0.25, 0.3) is 11.8 Å². The average Bonchev–Trinajstić information content (AvgIpc) is 3.26. The molecule has 3 aromatic rings. The van der Waals surface area contributed by atoms with E-state index < -0.39 is 6.04 Å². The minimum absolute atomic E-state index is 0.134. The number of amides is 2. The molecule has 3 N–H and O–H groups in total. The van der Waals surface area contributed by atoms with Crippen LogP contribution in [0.15, 0.2) is 90.0 Å². The molecule has 0 aliphatic carbocycles. The number of anilines is 2. The molecular weight excluding hydrogens is 452 g/mol. The van der Waals surface area contributed by atoms with Crippen molar-refractivity contribution in [2.75, 3.05) is 30.6 Å². The Morgan fingerprint density at radius 2 is 1.61 bits per heavy atom. The Kier molecular flexibility index (Phi) is 7.06. The summed E-state index contributed by atoms with van der Waals surface area (Å²) < 4.78 is 0. The molecule has 2 heterocycles. The van der Waals surface area contributed by atoms with Gasteiger partial charge in [0, 0.05) is 22.9 Å². The van der Waals surface area contributed by atoms with Gasteiger partial charge in [-0.2, -0.15) is 10.1 Å². The van der Waals surface area contributed by atoms with Crippen molar-refractivity contribution in [1.29, 1.82) is 0 Å². The lowest BCUT2D eigenvalue weighted by Gasteiger charge is -2.29. The fourth-order valence-corrected chi connectivity index (χ4v) is 4.48. The molecule has 3 aromatic carbocycles. The molecule has 36 heavy (non-hydrogen) atoms. The minimum Gasteiger partial charge on any atom is -0.349 e. The average molecular weight is 483 g/mol. The number of rotatable bonds is 7. The molecule has 2 amide bonds. The molecule has 0 radical (unpaired) electrons. The van der Waals surface area contributed by atoms with Crippen LogP contribution in [0.5, 0.6) is 0 Å². The largest absolute Gasteiger partial charge is 0.349 e. The number of nitrogens with zero attached hydrogens (tertiary/aromatic N) is 3. The molecule has 8 nitrogen and oxygen atoms in total. The number of carbonyl (C=O) groups excluding carboxylic acids is 2. The summed E-state index contributed by atoms with van der Waals surface area (Å²) in [5.74, 6) is -0.365. The Bertz CT molecular complexity index is 1240. The maximum Gasteiger partial charge on any atom is 0.272 e. The summed E-state index contributed by atoms with van der Waals surface area (Å²) in [4.78, 5) is 28.8. The van der Waals surface area contributed by atoms with Gasteiger partial charge in [0.2, 0.25) is 0 Å². The van der Waals surface area contributed by atoms with Crippen LogP contribution in [0.3, 0.4) is 0 Å². The maximum atomic E-state index is 13.5. The van der Waals surface area contributed by atoms with E-state index >= 15 is 0 Å². The van der Waals surface area contributed by atoms with E-state index in [1.54, 1.807) is 24.3 Å². The van der Waals surface area contributed by atoms with Gasteiger partial charge in [-0.3, -0.25) is 9.59 Å². The van der Waals surface area contributed by atoms with Gasteiger partial charge in [-0.15, -0.1) is 0 Å². The van der Waals surface area contributed by atoms with Crippen LogP contribution >= 0.6 is 0 Å². The smallest absolute Gasteiger partial charge is 0.272 e. The predicted molar refractivity (Wildman–Crippen MR) is 142 cm³/mol. The van der Waals surface area contributed by atoms with E-state index in [9.17, 15) is 9.59 Å². The van der Waals surface area contributed by atoms with Crippen molar-refractivity contribution in [2.24, 2.45) is 5.10 Å². The molecule has 2 aliphatic rings. The van der Waals surface area contributed by atoms with Crippen molar-refractivity contribution in [3.05, 3.63) is 96.1 Å². The normalized spacial score (nSPS) is 18.7. The highest BCUT2D eigenvalue weighted by Crippen LogP contribution is 2.25. The van der Waals surface area contributed by atoms with E-state index in [0.29, 0.717) is 17.0 Å². The molecule has 5 rings (SSSR count). The molecule has 1 atom stereocenters. The molecule has 0 spiro atoms. The lowest BCUT2D eigenvalue weighted by atomic mass is 10.0. The van der Waals surface area contributed by atoms with Crippen molar-refractivity contribution < 1.29 is 9.59 Å². The fourth-order valence-electron chi connectivity index (χ4n) is 4.48. The zero-order valence-electron chi connectivity index (χ0n) is 20.2. The third-order valence-electron chi connectivity index (χ3n) is 6.55. The van der Waals surface area contributed by atoms with Gasteiger partial charge in [-0.1, -0.05) is 54.6 Å². The second-order valence-electron chi connectivity index (χ2n) is 9.17. The van der Waals surface area contributed by atoms with Gasteiger partial charge in [0.05, 0.1) is 11.4 Å². The Hall–Kier alpha value is -4.01. The number of hydrogen-bond acceptors (Lipinski definition) is 6. The highest BCUT2D eigenvalue weighted by Gasteiger charge is 2.37. The van der Waals surface area contributed by atoms with Crippen molar-refractivity contribution in [3.8, 4) is 0 Å². The molecule has 1 unspecified atom stereocenters. The third kappa shape index (κ3) is 5.30. The Labute approximate surface area is 211 Å². The van der Waals surface area contributed by atoms with E-state index in [1.807, 2.05) is 60.7 Å². The first kappa shape index (κ1) is 23.7. The van der Waals surface area contributed by atoms with Crippen LogP contribution in [0, 0.1) is 0 Å². The van der Waals surface area contributed by atoms with Gasteiger partial charge in [-0.05, 0) is 63.3 Å². The Balaban J connectivity index is 1.37. The molecule has 0 saturated carbocycles. The van der Waals surface area contributed by atoms with Gasteiger partial charge in [0.1, 0.15) is 0 Å². The zero-order valence-corrected chi connectivity index (χ0v) is 20.2. The predicted octanol–water partition coefficient (Wildman–Crippen LogP) is 3.25. The molecule has 0 aromatic heterocycles. The van der Waals surface area contributed by atoms with Crippen LogP contribution in [0.2, 0.25) is 0 Å². The first-order valence-corrected chi connectivity index (χ1v) is 12.2. The number of hydrogen-bond donors (Lipinski definition) is 3. The van der Waals surface area contributed by atoms with Crippen LogP contribution in [-0.2, 0) is 4.79 Å². The van der Waals surface area contributed by atoms with Crippen molar-refractivity contribution >= 4 is 28.9 Å². The summed E-state index contributed by atoms with van der Waals surface area (Å²) in [6.45, 7) is 1.94. The number of benzene rings is 3. The number of hydrazone groups is 1.